The van der Waals surface area contributed by atoms with Crippen molar-refractivity contribution in [1.82, 2.24) is 20.1 Å². The van der Waals surface area contributed by atoms with Gasteiger partial charge in [0.15, 0.2) is 5.82 Å². The minimum Gasteiger partial charge on any atom is -0.347 e. The van der Waals surface area contributed by atoms with Gasteiger partial charge in [0.05, 0.1) is 4.88 Å². The number of benzene rings is 1. The molecule has 3 rings (SSSR count). The first-order chi connectivity index (χ1) is 12.5. The number of rotatable bonds is 6. The van der Waals surface area contributed by atoms with E-state index >= 15 is 0 Å². The van der Waals surface area contributed by atoms with Gasteiger partial charge in [-0.2, -0.15) is 5.10 Å². The van der Waals surface area contributed by atoms with Crippen LogP contribution >= 0.6 is 11.3 Å². The number of aromatic nitrogens is 3. The number of hydrogen-bond acceptors (Lipinski definition) is 5. The maximum absolute atomic E-state index is 13.3. The van der Waals surface area contributed by atoms with Crippen LogP contribution in [0, 0.1) is 11.6 Å². The van der Waals surface area contributed by atoms with E-state index in [1.165, 1.54) is 29.8 Å². The molecule has 3 aromatic rings. The van der Waals surface area contributed by atoms with Crippen molar-refractivity contribution in [3.63, 3.8) is 0 Å². The van der Waals surface area contributed by atoms with Gasteiger partial charge < -0.3 is 11.1 Å². The van der Waals surface area contributed by atoms with Crippen LogP contribution in [0.3, 0.4) is 0 Å². The summed E-state index contributed by atoms with van der Waals surface area (Å²) in [5.74, 6) is -0.955. The summed E-state index contributed by atoms with van der Waals surface area (Å²) in [5.41, 5.74) is 6.93. The van der Waals surface area contributed by atoms with E-state index in [4.69, 9.17) is 5.73 Å². The average Bonchev–Trinajstić information content (AvgIpc) is 3.21. The Morgan fingerprint density at radius 2 is 2.04 bits per heavy atom. The van der Waals surface area contributed by atoms with Gasteiger partial charge in [0, 0.05) is 36.6 Å². The first-order valence-corrected chi connectivity index (χ1v) is 8.73. The summed E-state index contributed by atoms with van der Waals surface area (Å²) in [4.78, 5) is 17.1. The maximum Gasteiger partial charge on any atom is 0.261 e. The third kappa shape index (κ3) is 4.12. The van der Waals surface area contributed by atoms with Crippen molar-refractivity contribution in [3.05, 3.63) is 58.0 Å². The van der Waals surface area contributed by atoms with Gasteiger partial charge in [-0.3, -0.25) is 4.79 Å². The predicted octanol–water partition coefficient (Wildman–Crippen LogP) is 2.12. The quantitative estimate of drug-likeness (QED) is 0.689. The average molecular weight is 377 g/mol. The fraction of sp³-hybridized carbons (Fsp3) is 0.235. The molecular formula is C17H17F2N5OS. The number of thiophene rings is 1. The zero-order valence-electron chi connectivity index (χ0n) is 13.9. The first kappa shape index (κ1) is 18.2. The number of nitrogens with zero attached hydrogens (tertiary/aromatic N) is 3. The minimum absolute atomic E-state index is 0.144. The fourth-order valence-corrected chi connectivity index (χ4v) is 3.38. The van der Waals surface area contributed by atoms with Crippen LogP contribution in [-0.4, -0.2) is 33.3 Å². The lowest BCUT2D eigenvalue weighted by Gasteiger charge is -2.16. The Morgan fingerprint density at radius 1 is 1.31 bits per heavy atom. The molecule has 1 atom stereocenters. The number of nitrogens with one attached hydrogen (secondary N) is 1. The topological polar surface area (TPSA) is 85.8 Å². The van der Waals surface area contributed by atoms with Gasteiger partial charge in [-0.1, -0.05) is 0 Å². The van der Waals surface area contributed by atoms with Crippen LogP contribution in [0.4, 0.5) is 8.78 Å². The molecule has 0 aliphatic heterocycles. The van der Waals surface area contributed by atoms with Crippen molar-refractivity contribution >= 4 is 17.2 Å². The molecule has 0 saturated carbocycles. The molecule has 26 heavy (non-hydrogen) atoms. The molecule has 9 heteroatoms. The molecule has 1 amide bonds. The Labute approximate surface area is 152 Å². The Hall–Kier alpha value is -2.65. The van der Waals surface area contributed by atoms with E-state index in [-0.39, 0.29) is 18.9 Å². The zero-order chi connectivity index (χ0) is 18.7. The molecule has 2 heterocycles. The van der Waals surface area contributed by atoms with E-state index in [2.05, 4.69) is 15.4 Å². The van der Waals surface area contributed by atoms with Crippen LogP contribution in [-0.2, 0) is 13.5 Å². The van der Waals surface area contributed by atoms with Crippen LogP contribution in [0.2, 0.25) is 0 Å². The van der Waals surface area contributed by atoms with Gasteiger partial charge in [0.2, 0.25) is 0 Å². The van der Waals surface area contributed by atoms with E-state index in [1.54, 1.807) is 17.8 Å². The van der Waals surface area contributed by atoms with Gasteiger partial charge in [0.1, 0.15) is 18.0 Å². The highest BCUT2D eigenvalue weighted by molar-refractivity contribution is 7.12. The van der Waals surface area contributed by atoms with E-state index in [0.29, 0.717) is 16.3 Å². The summed E-state index contributed by atoms with van der Waals surface area (Å²) in [7, 11) is 1.77. The first-order valence-electron chi connectivity index (χ1n) is 7.85. The van der Waals surface area contributed by atoms with Gasteiger partial charge in [-0.25, -0.2) is 18.4 Å². The molecule has 0 unspecified atom stereocenters. The third-order valence-electron chi connectivity index (χ3n) is 3.82. The van der Waals surface area contributed by atoms with E-state index in [9.17, 15) is 13.6 Å². The second-order valence-corrected chi connectivity index (χ2v) is 6.71. The molecule has 0 spiro atoms. The van der Waals surface area contributed by atoms with Crippen LogP contribution in [0.1, 0.15) is 15.2 Å². The molecule has 0 aliphatic rings. The number of hydrogen-bond donors (Lipinski definition) is 2. The van der Waals surface area contributed by atoms with Crippen LogP contribution in [0.25, 0.3) is 11.4 Å². The Balaban J connectivity index is 1.69. The second kappa shape index (κ2) is 7.71. The SMILES string of the molecule is Cn1ncnc1-c1csc(C(=O)N[C@H](CN)Cc2cc(F)cc(F)c2)c1. The predicted molar refractivity (Wildman–Crippen MR) is 94.7 cm³/mol. The molecule has 0 fully saturated rings. The Morgan fingerprint density at radius 3 is 2.65 bits per heavy atom. The lowest BCUT2D eigenvalue weighted by atomic mass is 10.1. The van der Waals surface area contributed by atoms with Crippen molar-refractivity contribution in [2.45, 2.75) is 12.5 Å². The fourth-order valence-electron chi connectivity index (χ4n) is 2.59. The van der Waals surface area contributed by atoms with E-state index in [1.807, 2.05) is 5.38 Å². The number of halogens is 2. The Bertz CT molecular complexity index is 903. The highest BCUT2D eigenvalue weighted by atomic mass is 32.1. The summed E-state index contributed by atoms with van der Waals surface area (Å²) in [5, 5.41) is 8.62. The van der Waals surface area contributed by atoms with Crippen molar-refractivity contribution in [1.29, 1.82) is 0 Å². The molecule has 0 saturated heterocycles. The van der Waals surface area contributed by atoms with Gasteiger partial charge in [0.25, 0.3) is 5.91 Å². The summed E-state index contributed by atoms with van der Waals surface area (Å²) in [6.07, 6.45) is 1.67. The Kier molecular flexibility index (Phi) is 5.38. The zero-order valence-corrected chi connectivity index (χ0v) is 14.8. The summed E-state index contributed by atoms with van der Waals surface area (Å²) in [6.45, 7) is 0.144. The van der Waals surface area contributed by atoms with Gasteiger partial charge >= 0.3 is 0 Å². The van der Waals surface area contributed by atoms with Crippen molar-refractivity contribution < 1.29 is 13.6 Å². The van der Waals surface area contributed by atoms with E-state index in [0.717, 1.165) is 11.6 Å². The highest BCUT2D eigenvalue weighted by Gasteiger charge is 2.17. The van der Waals surface area contributed by atoms with Gasteiger partial charge in [-0.15, -0.1) is 11.3 Å². The minimum atomic E-state index is -0.659. The number of carbonyl (C=O) groups is 1. The molecule has 0 bridgehead atoms. The highest BCUT2D eigenvalue weighted by Crippen LogP contribution is 2.23. The lowest BCUT2D eigenvalue weighted by molar-refractivity contribution is 0.0942. The van der Waals surface area contributed by atoms with Crippen molar-refractivity contribution in [3.8, 4) is 11.4 Å². The molecule has 2 aromatic heterocycles. The monoisotopic (exact) mass is 377 g/mol. The molecule has 1 aromatic carbocycles. The molecule has 6 nitrogen and oxygen atoms in total. The lowest BCUT2D eigenvalue weighted by Crippen LogP contribution is -2.41. The normalized spacial score (nSPS) is 12.2. The number of aryl methyl sites for hydroxylation is 1. The molecular weight excluding hydrogens is 360 g/mol. The smallest absolute Gasteiger partial charge is 0.261 e. The maximum atomic E-state index is 13.3. The summed E-state index contributed by atoms with van der Waals surface area (Å²) >= 11 is 1.27. The van der Waals surface area contributed by atoms with Crippen molar-refractivity contribution in [2.75, 3.05) is 6.54 Å². The van der Waals surface area contributed by atoms with Crippen molar-refractivity contribution in [2.24, 2.45) is 12.8 Å². The van der Waals surface area contributed by atoms with Gasteiger partial charge in [-0.05, 0) is 30.2 Å². The molecule has 0 radical (unpaired) electrons. The molecule has 136 valence electrons. The van der Waals surface area contributed by atoms with Crippen LogP contribution in [0.5, 0.6) is 0 Å². The molecule has 0 aliphatic carbocycles. The second-order valence-electron chi connectivity index (χ2n) is 5.79. The largest absolute Gasteiger partial charge is 0.347 e. The number of nitrogens with two attached hydrogens (primary N) is 1. The summed E-state index contributed by atoms with van der Waals surface area (Å²) in [6, 6.07) is 4.55. The van der Waals surface area contributed by atoms with Crippen LogP contribution < -0.4 is 11.1 Å². The van der Waals surface area contributed by atoms with E-state index < -0.39 is 17.7 Å². The summed E-state index contributed by atoms with van der Waals surface area (Å²) < 4.78 is 28.2. The molecule has 3 N–H and O–H groups in total. The standard InChI is InChI=1S/C17H17F2N5OS/c1-24-16(21-9-22-24)11-5-15(26-8-11)17(25)23-14(7-20)4-10-2-12(18)6-13(19)3-10/h2-3,5-6,8-9,14H,4,7,20H2,1H3,(H,23,25)/t14-/m0/s1. The number of amides is 1. The number of carbonyl (C=O) groups excluding carboxylic acids is 1. The third-order valence-corrected chi connectivity index (χ3v) is 4.75. The van der Waals surface area contributed by atoms with Crippen LogP contribution in [0.15, 0.2) is 36.0 Å².